The number of imidazole rings is 1. The van der Waals surface area contributed by atoms with E-state index in [4.69, 9.17) is 17.3 Å². The highest BCUT2D eigenvalue weighted by atomic mass is 35.5. The van der Waals surface area contributed by atoms with Crippen molar-refractivity contribution in [3.05, 3.63) is 70.8 Å². The molecule has 0 unspecified atom stereocenters. The largest absolute Gasteiger partial charge is 0.382 e. The molecule has 0 fully saturated rings. The molecule has 0 bridgehead atoms. The van der Waals surface area contributed by atoms with Gasteiger partial charge in [-0.05, 0) is 37.3 Å². The number of pyridine rings is 1. The van der Waals surface area contributed by atoms with Crippen molar-refractivity contribution in [2.75, 3.05) is 11.1 Å². The van der Waals surface area contributed by atoms with Gasteiger partial charge in [-0.3, -0.25) is 4.40 Å². The Hall–Kier alpha value is -3.77. The average molecular weight is 426 g/mol. The number of nitrogens with zero attached hydrogens (tertiary/aromatic N) is 5. The van der Waals surface area contributed by atoms with Crippen molar-refractivity contribution in [1.29, 1.82) is 5.26 Å². The number of aromatic nitrogens is 4. The van der Waals surface area contributed by atoms with Gasteiger partial charge in [0.25, 0.3) is 0 Å². The zero-order chi connectivity index (χ0) is 21.4. The molecule has 4 rings (SSSR count). The van der Waals surface area contributed by atoms with E-state index >= 15 is 0 Å². The summed E-state index contributed by atoms with van der Waals surface area (Å²) in [6.45, 7) is 1.78. The van der Waals surface area contributed by atoms with Gasteiger partial charge in [-0.15, -0.1) is 0 Å². The minimum atomic E-state index is -0.536. The standard InChI is InChI=1S/C20H14ClF2N7/c1-10(28-20-15(7-24)19(25)26-9-27-20)17-18(11-4-12(21)6-14(23)5-11)30-8-13(22)2-3-16(30)29-17/h2-6,8-10H,1H3,(H3,25,26,27,28)/t10-/m0/s1. The van der Waals surface area contributed by atoms with E-state index in [1.165, 1.54) is 41.2 Å². The Morgan fingerprint density at radius 3 is 2.73 bits per heavy atom. The van der Waals surface area contributed by atoms with Crippen molar-refractivity contribution in [2.45, 2.75) is 13.0 Å². The Bertz CT molecular complexity index is 1290. The number of hydrogen-bond donors (Lipinski definition) is 2. The molecule has 150 valence electrons. The molecule has 3 N–H and O–H groups in total. The molecule has 1 atom stereocenters. The molecule has 0 aliphatic rings. The van der Waals surface area contributed by atoms with Crippen LogP contribution in [0.3, 0.4) is 0 Å². The monoisotopic (exact) mass is 425 g/mol. The summed E-state index contributed by atoms with van der Waals surface area (Å²) in [5, 5.41) is 12.6. The highest BCUT2D eigenvalue weighted by Gasteiger charge is 2.22. The highest BCUT2D eigenvalue weighted by molar-refractivity contribution is 6.30. The van der Waals surface area contributed by atoms with Crippen LogP contribution in [0.15, 0.2) is 42.9 Å². The van der Waals surface area contributed by atoms with Gasteiger partial charge in [0.15, 0.2) is 0 Å². The van der Waals surface area contributed by atoms with E-state index in [2.05, 4.69) is 20.3 Å². The van der Waals surface area contributed by atoms with Crippen LogP contribution in [0.1, 0.15) is 24.2 Å². The molecule has 0 spiro atoms. The quantitative estimate of drug-likeness (QED) is 0.503. The molecule has 4 aromatic rings. The lowest BCUT2D eigenvalue weighted by Crippen LogP contribution is -2.12. The van der Waals surface area contributed by atoms with E-state index < -0.39 is 17.7 Å². The van der Waals surface area contributed by atoms with Crippen molar-refractivity contribution < 1.29 is 8.78 Å². The fourth-order valence-electron chi connectivity index (χ4n) is 3.21. The summed E-state index contributed by atoms with van der Waals surface area (Å²) < 4.78 is 29.5. The molecule has 0 aliphatic heterocycles. The maximum Gasteiger partial charge on any atom is 0.150 e. The van der Waals surface area contributed by atoms with Crippen LogP contribution in [0.2, 0.25) is 5.02 Å². The summed E-state index contributed by atoms with van der Waals surface area (Å²) in [7, 11) is 0. The maximum absolute atomic E-state index is 14.1. The predicted octanol–water partition coefficient (Wildman–Crippen LogP) is 4.35. The lowest BCUT2D eigenvalue weighted by Gasteiger charge is -2.16. The number of hydrogen-bond acceptors (Lipinski definition) is 6. The van der Waals surface area contributed by atoms with Crippen LogP contribution in [0.25, 0.3) is 16.9 Å². The summed E-state index contributed by atoms with van der Waals surface area (Å²) >= 11 is 6.04. The molecule has 0 aliphatic carbocycles. The molecule has 3 aromatic heterocycles. The SMILES string of the molecule is C[C@H](Nc1ncnc(N)c1C#N)c1nc2ccc(F)cn2c1-c1cc(F)cc(Cl)c1. The molecule has 3 heterocycles. The topological polar surface area (TPSA) is 105 Å². The molecule has 0 saturated heterocycles. The number of rotatable bonds is 4. The second kappa shape index (κ2) is 7.57. The van der Waals surface area contributed by atoms with Crippen LogP contribution in [0.4, 0.5) is 20.4 Å². The minimum absolute atomic E-state index is 0.0383. The summed E-state index contributed by atoms with van der Waals surface area (Å²) in [5.41, 5.74) is 7.64. The summed E-state index contributed by atoms with van der Waals surface area (Å²) in [5.74, 6) is -0.753. The second-order valence-electron chi connectivity index (χ2n) is 6.54. The van der Waals surface area contributed by atoms with Gasteiger partial charge in [-0.25, -0.2) is 23.7 Å². The number of anilines is 2. The summed E-state index contributed by atoms with van der Waals surface area (Å²) in [6, 6.07) is 8.29. The third-order valence-electron chi connectivity index (χ3n) is 4.50. The number of halogens is 3. The van der Waals surface area contributed by atoms with Gasteiger partial charge in [0.2, 0.25) is 0 Å². The van der Waals surface area contributed by atoms with Crippen molar-refractivity contribution in [3.63, 3.8) is 0 Å². The number of nitrogen functional groups attached to an aromatic ring is 1. The van der Waals surface area contributed by atoms with Gasteiger partial charge in [0, 0.05) is 16.8 Å². The number of nitrogens with two attached hydrogens (primary N) is 1. The van der Waals surface area contributed by atoms with Crippen molar-refractivity contribution in [2.24, 2.45) is 0 Å². The molecule has 7 nitrogen and oxygen atoms in total. The lowest BCUT2D eigenvalue weighted by atomic mass is 10.1. The first-order valence-corrected chi connectivity index (χ1v) is 9.16. The Labute approximate surface area is 174 Å². The first kappa shape index (κ1) is 19.5. The molecule has 10 heteroatoms. The molecular weight excluding hydrogens is 412 g/mol. The average Bonchev–Trinajstić information content (AvgIpc) is 3.06. The molecule has 1 aromatic carbocycles. The summed E-state index contributed by atoms with van der Waals surface area (Å²) in [4.78, 5) is 12.5. The van der Waals surface area contributed by atoms with Crippen molar-refractivity contribution in [1.82, 2.24) is 19.4 Å². The first-order chi connectivity index (χ1) is 14.4. The smallest absolute Gasteiger partial charge is 0.150 e. The van der Waals surface area contributed by atoms with Crippen molar-refractivity contribution >= 4 is 28.9 Å². The predicted molar refractivity (Wildman–Crippen MR) is 109 cm³/mol. The van der Waals surface area contributed by atoms with Crippen LogP contribution in [-0.4, -0.2) is 19.4 Å². The fourth-order valence-corrected chi connectivity index (χ4v) is 3.43. The van der Waals surface area contributed by atoms with E-state index in [0.717, 1.165) is 0 Å². The Kier molecular flexibility index (Phi) is 4.93. The Morgan fingerprint density at radius 1 is 1.20 bits per heavy atom. The van der Waals surface area contributed by atoms with Gasteiger partial charge in [-0.1, -0.05) is 11.6 Å². The van der Waals surface area contributed by atoms with Gasteiger partial charge in [-0.2, -0.15) is 5.26 Å². The minimum Gasteiger partial charge on any atom is -0.382 e. The van der Waals surface area contributed by atoms with Crippen LogP contribution >= 0.6 is 11.6 Å². The molecular formula is C20H14ClF2N7. The van der Waals surface area contributed by atoms with E-state index in [1.54, 1.807) is 13.0 Å². The zero-order valence-corrected chi connectivity index (χ0v) is 16.3. The Balaban J connectivity index is 1.89. The van der Waals surface area contributed by atoms with Gasteiger partial charge in [0.1, 0.15) is 46.9 Å². The van der Waals surface area contributed by atoms with E-state index in [0.29, 0.717) is 22.6 Å². The Morgan fingerprint density at radius 2 is 2.00 bits per heavy atom. The van der Waals surface area contributed by atoms with E-state index in [-0.39, 0.29) is 22.2 Å². The fraction of sp³-hybridized carbons (Fsp3) is 0.100. The first-order valence-electron chi connectivity index (χ1n) is 8.78. The second-order valence-corrected chi connectivity index (χ2v) is 6.98. The number of nitrogens with one attached hydrogen (secondary N) is 1. The third-order valence-corrected chi connectivity index (χ3v) is 4.72. The van der Waals surface area contributed by atoms with Gasteiger partial charge in [0.05, 0.1) is 17.4 Å². The van der Waals surface area contributed by atoms with Gasteiger partial charge >= 0.3 is 0 Å². The molecule has 0 radical (unpaired) electrons. The number of nitriles is 1. The zero-order valence-electron chi connectivity index (χ0n) is 15.6. The molecule has 0 saturated carbocycles. The highest BCUT2D eigenvalue weighted by Crippen LogP contribution is 2.33. The number of benzene rings is 1. The van der Waals surface area contributed by atoms with Crippen LogP contribution < -0.4 is 11.1 Å². The van der Waals surface area contributed by atoms with E-state index in [1.807, 2.05) is 6.07 Å². The lowest BCUT2D eigenvalue weighted by molar-refractivity contribution is 0.619. The maximum atomic E-state index is 14.1. The van der Waals surface area contributed by atoms with E-state index in [9.17, 15) is 14.0 Å². The van der Waals surface area contributed by atoms with Crippen LogP contribution in [-0.2, 0) is 0 Å². The number of fused-ring (bicyclic) bond motifs is 1. The van der Waals surface area contributed by atoms with Crippen molar-refractivity contribution in [3.8, 4) is 17.3 Å². The van der Waals surface area contributed by atoms with Gasteiger partial charge < -0.3 is 11.1 Å². The normalized spacial score (nSPS) is 12.0. The molecule has 0 amide bonds. The van der Waals surface area contributed by atoms with Crippen LogP contribution in [0.5, 0.6) is 0 Å². The third kappa shape index (κ3) is 3.49. The molecule has 30 heavy (non-hydrogen) atoms. The summed E-state index contributed by atoms with van der Waals surface area (Å²) in [6.07, 6.45) is 2.49. The van der Waals surface area contributed by atoms with Crippen LogP contribution in [0, 0.1) is 23.0 Å².